The number of aliphatic hydroxyl groups is 1. The van der Waals surface area contributed by atoms with E-state index >= 15 is 0 Å². The Kier molecular flexibility index (Phi) is 15.9. The van der Waals surface area contributed by atoms with E-state index in [1.807, 2.05) is 33.9 Å². The summed E-state index contributed by atoms with van der Waals surface area (Å²) in [7, 11) is -2.56. The molecule has 1 aliphatic carbocycles. The zero-order chi connectivity index (χ0) is 41.5. The van der Waals surface area contributed by atoms with Crippen molar-refractivity contribution in [2.24, 2.45) is 11.8 Å². The van der Waals surface area contributed by atoms with Gasteiger partial charge >= 0.3 is 0 Å². The van der Waals surface area contributed by atoms with E-state index in [2.05, 4.69) is 131 Å². The van der Waals surface area contributed by atoms with E-state index < -0.39 is 8.07 Å². The second-order valence-electron chi connectivity index (χ2n) is 17.4. The van der Waals surface area contributed by atoms with E-state index in [0.717, 1.165) is 47.9 Å². The van der Waals surface area contributed by atoms with E-state index in [1.165, 1.54) is 75.8 Å². The molecule has 1 fully saturated rings. The van der Waals surface area contributed by atoms with Crippen molar-refractivity contribution in [2.45, 2.75) is 124 Å². The quantitative estimate of drug-likeness (QED) is 0.0574. The van der Waals surface area contributed by atoms with Gasteiger partial charge in [-0.1, -0.05) is 170 Å². The largest absolute Gasteiger partial charge is 0.512 e. The van der Waals surface area contributed by atoms with Gasteiger partial charge in [-0.25, -0.2) is 0 Å². The Morgan fingerprint density at radius 3 is 1.93 bits per heavy atom. The maximum atomic E-state index is 11.7. The predicted octanol–water partition coefficient (Wildman–Crippen LogP) is 12.7. The third-order valence-corrected chi connectivity index (χ3v) is 18.3. The van der Waals surface area contributed by atoms with Gasteiger partial charge in [-0.05, 0) is 65.6 Å². The molecule has 0 spiro atoms. The van der Waals surface area contributed by atoms with Crippen molar-refractivity contribution in [2.75, 3.05) is 0 Å². The number of nitrogens with zero attached hydrogens (tertiary/aromatic N) is 1. The number of hydrogen-bond acceptors (Lipinski definition) is 4. The van der Waals surface area contributed by atoms with Gasteiger partial charge in [-0.15, -0.1) is 29.1 Å². The van der Waals surface area contributed by atoms with Crippen molar-refractivity contribution in [1.82, 2.24) is 4.98 Å². The second kappa shape index (κ2) is 20.4. The average Bonchev–Trinajstić information content (AvgIpc) is 3.58. The Morgan fingerprint density at radius 1 is 0.814 bits per heavy atom. The minimum absolute atomic E-state index is 0. The van der Waals surface area contributed by atoms with Crippen LogP contribution < -0.4 is 15.8 Å². The monoisotopic (exact) mass is 983 g/mol. The number of aryl methyl sites for hydroxylation is 1. The van der Waals surface area contributed by atoms with Gasteiger partial charge in [-0.3, -0.25) is 9.78 Å². The number of furan rings is 1. The van der Waals surface area contributed by atoms with Crippen molar-refractivity contribution >= 4 is 51.4 Å². The molecule has 2 aromatic heterocycles. The summed E-state index contributed by atoms with van der Waals surface area (Å²) in [5.74, 6) is 0.547. The van der Waals surface area contributed by atoms with Gasteiger partial charge in [0.05, 0.1) is 11.1 Å². The van der Waals surface area contributed by atoms with Crippen LogP contribution in [0.4, 0.5) is 0 Å². The Balaban J connectivity index is 0.000000355. The predicted molar refractivity (Wildman–Crippen MR) is 247 cm³/mol. The van der Waals surface area contributed by atoms with Gasteiger partial charge in [0, 0.05) is 55.3 Å². The maximum Gasteiger partial charge on any atom is 0.196 e. The van der Waals surface area contributed by atoms with Crippen LogP contribution in [0.15, 0.2) is 120 Å². The van der Waals surface area contributed by atoms with E-state index in [-0.39, 0.29) is 48.9 Å². The van der Waals surface area contributed by atoms with Crippen LogP contribution in [-0.4, -0.2) is 23.9 Å². The molecule has 313 valence electrons. The fraction of sp³-hybridized carbons (Fsp3) is 0.396. The number of allylic oxidation sites excluding steroid dienone is 2. The van der Waals surface area contributed by atoms with Gasteiger partial charge in [0.2, 0.25) is 0 Å². The first kappa shape index (κ1) is 46.0. The number of fused-ring (bicyclic) bond motifs is 2. The number of aliphatic hydroxyl groups excluding tert-OH is 1. The fourth-order valence-electron chi connectivity index (χ4n) is 9.50. The standard InChI is InChI=1S/C40H40NOSi.C13H24O2.Ir/c1-28-34-24-25-41-37(30-26-29-16-14-15-23-35(29)36(27-30)40(2,3)4)38(34)42-39(28)43(31-17-8-5-9-18-31,32-19-10-6-11-20-32)33-21-12-7-13-22-33;1-5-10(6-2)12(14)9-13(15)11(7-3)8-4;/h5-6,8-11,14-20,23-25,27,33H,7,12-13,21-22H2,1-4H3;9-11,14H,5-8H2,1-4H3;/q-1;;/b;12-9-;. The minimum atomic E-state index is -2.56. The van der Waals surface area contributed by atoms with Crippen LogP contribution in [-0.2, 0) is 30.3 Å². The number of benzene rings is 4. The van der Waals surface area contributed by atoms with Crippen molar-refractivity contribution in [3.63, 3.8) is 0 Å². The van der Waals surface area contributed by atoms with Gasteiger partial charge in [-0.2, -0.15) is 0 Å². The van der Waals surface area contributed by atoms with Crippen molar-refractivity contribution in [1.29, 1.82) is 0 Å². The number of carbonyl (C=O) groups excluding carboxylic acids is 1. The summed E-state index contributed by atoms with van der Waals surface area (Å²) in [6, 6.07) is 39.4. The van der Waals surface area contributed by atoms with Crippen molar-refractivity contribution < 1.29 is 34.4 Å². The van der Waals surface area contributed by atoms with Crippen LogP contribution >= 0.6 is 0 Å². The molecule has 0 atom stereocenters. The van der Waals surface area contributed by atoms with Crippen LogP contribution in [0.5, 0.6) is 0 Å². The molecular formula is C53H64IrNO3Si-. The number of ketones is 1. The first-order valence-corrected chi connectivity index (χ1v) is 24.0. The SMILES string of the molecule is CCC(CC)C(=O)/C=C(\O)C(CC)CC.Cc1c([Si](c2ccccc2)(c2ccccc2)C2CCCCC2)oc2c(-c3[c-]c4ccccc4c(C(C)(C)C)c3)nccc12.[Ir]. The third-order valence-electron chi connectivity index (χ3n) is 12.8. The molecule has 0 unspecified atom stereocenters. The van der Waals surface area contributed by atoms with Crippen LogP contribution in [0.25, 0.3) is 33.0 Å². The minimum Gasteiger partial charge on any atom is -0.512 e. The molecule has 1 radical (unpaired) electrons. The van der Waals surface area contributed by atoms with Gasteiger partial charge < -0.3 is 9.52 Å². The van der Waals surface area contributed by atoms with Crippen LogP contribution in [0.3, 0.4) is 0 Å². The summed E-state index contributed by atoms with van der Waals surface area (Å²) in [5.41, 5.74) is 5.89. The maximum absolute atomic E-state index is 11.7. The third kappa shape index (κ3) is 9.61. The Morgan fingerprint density at radius 2 is 1.37 bits per heavy atom. The summed E-state index contributed by atoms with van der Waals surface area (Å²) in [4.78, 5) is 16.7. The summed E-state index contributed by atoms with van der Waals surface area (Å²) < 4.78 is 7.33. The molecular weight excluding hydrogens is 919 g/mol. The van der Waals surface area contributed by atoms with E-state index in [9.17, 15) is 9.90 Å². The molecule has 6 aromatic rings. The number of hydrogen-bond donors (Lipinski definition) is 1. The van der Waals surface area contributed by atoms with Gasteiger partial charge in [0.1, 0.15) is 5.58 Å². The summed E-state index contributed by atoms with van der Waals surface area (Å²) in [5, 5.41) is 17.4. The molecule has 0 bridgehead atoms. The zero-order valence-electron chi connectivity index (χ0n) is 36.5. The van der Waals surface area contributed by atoms with Gasteiger partial charge in [0.25, 0.3) is 0 Å². The molecule has 7 rings (SSSR count). The Labute approximate surface area is 368 Å². The molecule has 1 N–H and O–H groups in total. The summed E-state index contributed by atoms with van der Waals surface area (Å²) in [6.45, 7) is 17.2. The van der Waals surface area contributed by atoms with Crippen molar-refractivity contribution in [3.05, 3.63) is 132 Å². The molecule has 2 heterocycles. The number of carbonyl (C=O) groups is 1. The van der Waals surface area contributed by atoms with Crippen LogP contribution in [0.2, 0.25) is 5.54 Å². The molecule has 0 saturated heterocycles. The van der Waals surface area contributed by atoms with E-state index in [0.29, 0.717) is 5.54 Å². The van der Waals surface area contributed by atoms with Crippen molar-refractivity contribution in [3.8, 4) is 11.3 Å². The Bertz CT molecular complexity index is 2270. The second-order valence-corrected chi connectivity index (χ2v) is 21.4. The average molecular weight is 983 g/mol. The topological polar surface area (TPSA) is 63.3 Å². The van der Waals surface area contributed by atoms with E-state index in [1.54, 1.807) is 0 Å². The normalized spacial score (nSPS) is 14.0. The first-order valence-electron chi connectivity index (χ1n) is 21.9. The molecule has 1 saturated carbocycles. The molecule has 4 nitrogen and oxygen atoms in total. The molecule has 0 amide bonds. The van der Waals surface area contributed by atoms with Crippen LogP contribution in [0.1, 0.15) is 117 Å². The van der Waals surface area contributed by atoms with Crippen LogP contribution in [0, 0.1) is 24.8 Å². The zero-order valence-corrected chi connectivity index (χ0v) is 39.9. The fourth-order valence-corrected chi connectivity index (χ4v) is 15.4. The Hall–Kier alpha value is -4.09. The number of rotatable bonds is 12. The number of pyridine rings is 1. The molecule has 4 aromatic carbocycles. The summed E-state index contributed by atoms with van der Waals surface area (Å²) >= 11 is 0. The molecule has 59 heavy (non-hydrogen) atoms. The number of aromatic nitrogens is 1. The smallest absolute Gasteiger partial charge is 0.196 e. The molecule has 1 aliphatic rings. The first-order chi connectivity index (χ1) is 28.0. The molecule has 6 heteroatoms. The van der Waals surface area contributed by atoms with Gasteiger partial charge in [0.15, 0.2) is 13.9 Å². The summed E-state index contributed by atoms with van der Waals surface area (Å²) in [6.07, 6.45) is 13.2. The van der Waals surface area contributed by atoms with E-state index in [4.69, 9.17) is 9.40 Å². The molecule has 0 aliphatic heterocycles.